The normalized spacial score (nSPS) is 10.9. The Kier molecular flexibility index (Phi) is 3.83. The summed E-state index contributed by atoms with van der Waals surface area (Å²) in [5, 5.41) is 13.2. The van der Waals surface area contributed by atoms with Gasteiger partial charge in [0.1, 0.15) is 0 Å². The molecule has 0 fully saturated rings. The highest BCUT2D eigenvalue weighted by molar-refractivity contribution is 6.35. The van der Waals surface area contributed by atoms with E-state index in [0.717, 1.165) is 5.39 Å². The van der Waals surface area contributed by atoms with Crippen molar-refractivity contribution in [1.29, 1.82) is 0 Å². The Morgan fingerprint density at radius 2 is 2.23 bits per heavy atom. The number of carbonyl (C=O) groups is 1. The molecule has 6 heteroatoms. The van der Waals surface area contributed by atoms with Gasteiger partial charge in [-0.05, 0) is 19.1 Å². The van der Waals surface area contributed by atoms with Crippen molar-refractivity contribution in [2.45, 2.75) is 13.5 Å². The van der Waals surface area contributed by atoms with Gasteiger partial charge in [-0.2, -0.15) is 0 Å². The summed E-state index contributed by atoms with van der Waals surface area (Å²) in [6.45, 7) is 1.61. The highest BCUT2D eigenvalue weighted by Crippen LogP contribution is 2.31. The van der Waals surface area contributed by atoms with Crippen LogP contribution >= 0.6 is 11.6 Å². The fourth-order valence-corrected chi connectivity index (χ4v) is 2.49. The van der Waals surface area contributed by atoms with Crippen LogP contribution in [0.2, 0.25) is 5.02 Å². The maximum Gasteiger partial charge on any atom is 0.291 e. The van der Waals surface area contributed by atoms with Gasteiger partial charge in [0.15, 0.2) is 11.3 Å². The molecule has 2 heterocycles. The van der Waals surface area contributed by atoms with Crippen LogP contribution in [-0.2, 0) is 6.61 Å². The lowest BCUT2D eigenvalue weighted by Gasteiger charge is -2.07. The number of aliphatic hydroxyl groups excluding tert-OH is 1. The first kappa shape index (κ1) is 14.6. The van der Waals surface area contributed by atoms with Crippen LogP contribution in [0.1, 0.15) is 21.7 Å². The molecule has 0 unspecified atom stereocenters. The summed E-state index contributed by atoms with van der Waals surface area (Å²) in [6.07, 6.45) is 3.03. The Bertz CT molecular complexity index is 858. The zero-order valence-electron chi connectivity index (χ0n) is 11.8. The fourth-order valence-electron chi connectivity index (χ4n) is 2.28. The number of anilines is 1. The summed E-state index contributed by atoms with van der Waals surface area (Å²) in [5.74, 6) is -0.219. The minimum absolute atomic E-state index is 0.191. The number of benzene rings is 1. The number of nitrogens with one attached hydrogen (secondary N) is 1. The molecule has 0 atom stereocenters. The summed E-state index contributed by atoms with van der Waals surface area (Å²) in [7, 11) is 0. The number of nitrogens with zero attached hydrogens (tertiary/aromatic N) is 1. The van der Waals surface area contributed by atoms with Crippen molar-refractivity contribution in [3.63, 3.8) is 0 Å². The highest BCUT2D eigenvalue weighted by atomic mass is 35.5. The van der Waals surface area contributed by atoms with E-state index in [4.69, 9.17) is 16.0 Å². The van der Waals surface area contributed by atoms with Crippen molar-refractivity contribution in [1.82, 2.24) is 4.98 Å². The molecule has 0 aliphatic carbocycles. The third-order valence-electron chi connectivity index (χ3n) is 3.45. The van der Waals surface area contributed by atoms with Crippen LogP contribution < -0.4 is 5.32 Å². The lowest BCUT2D eigenvalue weighted by Crippen LogP contribution is -2.13. The van der Waals surface area contributed by atoms with Gasteiger partial charge in [0.05, 0.1) is 23.5 Å². The van der Waals surface area contributed by atoms with Crippen LogP contribution in [-0.4, -0.2) is 16.0 Å². The molecule has 1 aromatic carbocycles. The Labute approximate surface area is 131 Å². The second-order valence-corrected chi connectivity index (χ2v) is 5.22. The van der Waals surface area contributed by atoms with E-state index in [1.165, 1.54) is 6.20 Å². The molecule has 0 aliphatic rings. The zero-order chi connectivity index (χ0) is 15.7. The summed E-state index contributed by atoms with van der Waals surface area (Å²) in [4.78, 5) is 16.4. The SMILES string of the molecule is Cc1c(C(=O)Nc2cnccc2CO)oc2c(Cl)cccc12. The number of fused-ring (bicyclic) bond motifs is 1. The minimum atomic E-state index is -0.410. The van der Waals surface area contributed by atoms with E-state index >= 15 is 0 Å². The topological polar surface area (TPSA) is 75.4 Å². The highest BCUT2D eigenvalue weighted by Gasteiger charge is 2.19. The third kappa shape index (κ3) is 2.45. The maximum atomic E-state index is 12.4. The molecular formula is C16H13ClN2O3. The van der Waals surface area contributed by atoms with Gasteiger partial charge in [-0.1, -0.05) is 23.7 Å². The second kappa shape index (κ2) is 5.79. The van der Waals surface area contributed by atoms with Crippen molar-refractivity contribution in [2.75, 3.05) is 5.32 Å². The minimum Gasteiger partial charge on any atom is -0.449 e. The monoisotopic (exact) mass is 316 g/mol. The van der Waals surface area contributed by atoms with Gasteiger partial charge >= 0.3 is 0 Å². The Morgan fingerprint density at radius 1 is 1.41 bits per heavy atom. The number of hydrogen-bond acceptors (Lipinski definition) is 4. The van der Waals surface area contributed by atoms with Crippen LogP contribution in [0, 0.1) is 6.92 Å². The van der Waals surface area contributed by atoms with E-state index in [1.807, 2.05) is 6.07 Å². The van der Waals surface area contributed by atoms with E-state index in [2.05, 4.69) is 10.3 Å². The fraction of sp³-hybridized carbons (Fsp3) is 0.125. The number of aromatic nitrogens is 1. The van der Waals surface area contributed by atoms with Gasteiger partial charge in [0.25, 0.3) is 5.91 Å². The smallest absolute Gasteiger partial charge is 0.291 e. The molecule has 1 amide bonds. The molecule has 112 valence electrons. The first-order valence-electron chi connectivity index (χ1n) is 6.64. The number of pyridine rings is 1. The molecular weight excluding hydrogens is 304 g/mol. The molecule has 2 aromatic heterocycles. The average molecular weight is 317 g/mol. The van der Waals surface area contributed by atoms with Crippen LogP contribution in [0.5, 0.6) is 0 Å². The molecule has 0 aliphatic heterocycles. The number of para-hydroxylation sites is 1. The molecule has 3 aromatic rings. The number of furan rings is 1. The standard InChI is InChI=1S/C16H13ClN2O3/c1-9-11-3-2-4-12(17)15(11)22-14(9)16(21)19-13-7-18-6-5-10(13)8-20/h2-7,20H,8H2,1H3,(H,19,21). The zero-order valence-corrected chi connectivity index (χ0v) is 12.5. The van der Waals surface area contributed by atoms with E-state index in [0.29, 0.717) is 27.4 Å². The number of hydrogen-bond donors (Lipinski definition) is 2. The molecule has 3 rings (SSSR count). The van der Waals surface area contributed by atoms with Gasteiger partial charge < -0.3 is 14.8 Å². The van der Waals surface area contributed by atoms with Gasteiger partial charge in [-0.25, -0.2) is 0 Å². The van der Waals surface area contributed by atoms with Crippen molar-refractivity contribution < 1.29 is 14.3 Å². The second-order valence-electron chi connectivity index (χ2n) is 4.82. The number of aryl methyl sites for hydroxylation is 1. The molecule has 0 bridgehead atoms. The predicted octanol–water partition coefficient (Wildman–Crippen LogP) is 3.53. The Balaban J connectivity index is 1.99. The maximum absolute atomic E-state index is 12.4. The summed E-state index contributed by atoms with van der Waals surface area (Å²) < 4.78 is 5.61. The van der Waals surface area contributed by atoms with E-state index in [1.54, 1.807) is 31.3 Å². The summed E-state index contributed by atoms with van der Waals surface area (Å²) in [5.41, 5.74) is 2.22. The van der Waals surface area contributed by atoms with Gasteiger partial charge in [0, 0.05) is 22.7 Å². The van der Waals surface area contributed by atoms with Gasteiger partial charge in [0.2, 0.25) is 0 Å². The quantitative estimate of drug-likeness (QED) is 0.775. The lowest BCUT2D eigenvalue weighted by molar-refractivity contribution is 0.0997. The Hall–Kier alpha value is -2.37. The van der Waals surface area contributed by atoms with E-state index in [-0.39, 0.29) is 12.4 Å². The van der Waals surface area contributed by atoms with E-state index in [9.17, 15) is 9.90 Å². The lowest BCUT2D eigenvalue weighted by atomic mass is 10.1. The summed E-state index contributed by atoms with van der Waals surface area (Å²) >= 11 is 6.09. The van der Waals surface area contributed by atoms with Gasteiger partial charge in [-0.15, -0.1) is 0 Å². The molecule has 0 saturated carbocycles. The molecule has 0 radical (unpaired) electrons. The summed E-state index contributed by atoms with van der Waals surface area (Å²) in [6, 6.07) is 7.00. The molecule has 0 spiro atoms. The Morgan fingerprint density at radius 3 is 2.95 bits per heavy atom. The van der Waals surface area contributed by atoms with Crippen molar-refractivity contribution in [2.24, 2.45) is 0 Å². The van der Waals surface area contributed by atoms with E-state index < -0.39 is 5.91 Å². The molecule has 2 N–H and O–H groups in total. The molecule has 5 nitrogen and oxygen atoms in total. The molecule has 22 heavy (non-hydrogen) atoms. The van der Waals surface area contributed by atoms with Gasteiger partial charge in [-0.3, -0.25) is 9.78 Å². The van der Waals surface area contributed by atoms with Crippen molar-refractivity contribution >= 4 is 34.2 Å². The number of halogens is 1. The number of rotatable bonds is 3. The number of carbonyl (C=O) groups excluding carboxylic acids is 1. The van der Waals surface area contributed by atoms with Crippen LogP contribution in [0.25, 0.3) is 11.0 Å². The van der Waals surface area contributed by atoms with Crippen LogP contribution in [0.15, 0.2) is 41.1 Å². The van der Waals surface area contributed by atoms with Crippen molar-refractivity contribution in [3.05, 3.63) is 58.6 Å². The molecule has 0 saturated heterocycles. The largest absolute Gasteiger partial charge is 0.449 e. The van der Waals surface area contributed by atoms with Crippen LogP contribution in [0.4, 0.5) is 5.69 Å². The van der Waals surface area contributed by atoms with Crippen molar-refractivity contribution in [3.8, 4) is 0 Å². The average Bonchev–Trinajstić information content (AvgIpc) is 2.87. The predicted molar refractivity (Wildman–Crippen MR) is 84.1 cm³/mol. The first-order chi connectivity index (χ1) is 10.6. The van der Waals surface area contributed by atoms with Crippen LogP contribution in [0.3, 0.4) is 0 Å². The number of amides is 1. The first-order valence-corrected chi connectivity index (χ1v) is 7.02. The third-order valence-corrected chi connectivity index (χ3v) is 3.75. The number of aliphatic hydroxyl groups is 1.